The highest BCUT2D eigenvalue weighted by Crippen LogP contribution is 2.15. The van der Waals surface area contributed by atoms with Gasteiger partial charge in [-0.2, -0.15) is 0 Å². The highest BCUT2D eigenvalue weighted by Gasteiger charge is 2.01. The van der Waals surface area contributed by atoms with E-state index in [2.05, 4.69) is 5.32 Å². The second kappa shape index (κ2) is 7.09. The molecule has 0 unspecified atom stereocenters. The van der Waals surface area contributed by atoms with Crippen LogP contribution in [0, 0.1) is 0 Å². The van der Waals surface area contributed by atoms with Crippen molar-refractivity contribution in [3.8, 4) is 5.75 Å². The topological polar surface area (TPSA) is 75.4 Å². The number of aromatic hydroxyl groups is 1. The van der Waals surface area contributed by atoms with Crippen molar-refractivity contribution < 1.29 is 9.90 Å². The molecule has 0 heterocycles. The molecule has 1 amide bonds. The summed E-state index contributed by atoms with van der Waals surface area (Å²) >= 11 is 0. The number of hydrogen-bond acceptors (Lipinski definition) is 3. The molecule has 0 aliphatic carbocycles. The largest absolute Gasteiger partial charge is 0.508 e. The van der Waals surface area contributed by atoms with E-state index < -0.39 is 0 Å². The van der Waals surface area contributed by atoms with Crippen LogP contribution in [0.3, 0.4) is 0 Å². The quantitative estimate of drug-likeness (QED) is 0.734. The van der Waals surface area contributed by atoms with Gasteiger partial charge >= 0.3 is 0 Å². The highest BCUT2D eigenvalue weighted by molar-refractivity contribution is 5.90. The average Bonchev–Trinajstić information content (AvgIpc) is 2.15. The minimum atomic E-state index is -0.0824. The van der Waals surface area contributed by atoms with Crippen LogP contribution < -0.4 is 11.1 Å². The van der Waals surface area contributed by atoms with Crippen molar-refractivity contribution in [2.75, 3.05) is 11.9 Å². The van der Waals surface area contributed by atoms with Crippen molar-refractivity contribution in [1.82, 2.24) is 0 Å². The number of nitrogens with two attached hydrogens (primary N) is 1. The van der Waals surface area contributed by atoms with E-state index in [0.717, 1.165) is 0 Å². The Kier molecular flexibility index (Phi) is 6.49. The molecule has 1 aromatic rings. The minimum absolute atomic E-state index is 0. The molecule has 0 fully saturated rings. The molecule has 4 nitrogen and oxygen atoms in total. The molecule has 0 aromatic heterocycles. The number of anilines is 1. The molecule has 4 N–H and O–H groups in total. The molecule has 5 heteroatoms. The third-order valence-electron chi connectivity index (χ3n) is 1.74. The maximum atomic E-state index is 11.2. The van der Waals surface area contributed by atoms with Crippen molar-refractivity contribution in [2.45, 2.75) is 12.8 Å². The number of carbonyl (C=O) groups excluding carboxylic acids is 1. The molecule has 0 aliphatic rings. The van der Waals surface area contributed by atoms with Crippen LogP contribution in [0.5, 0.6) is 5.75 Å². The number of carbonyl (C=O) groups is 1. The molecule has 0 spiro atoms. The number of halogens is 1. The number of benzene rings is 1. The van der Waals surface area contributed by atoms with Crippen molar-refractivity contribution in [2.24, 2.45) is 5.73 Å². The summed E-state index contributed by atoms with van der Waals surface area (Å²) in [6.45, 7) is 0.507. The van der Waals surface area contributed by atoms with Crippen LogP contribution in [0.15, 0.2) is 24.3 Å². The summed E-state index contributed by atoms with van der Waals surface area (Å²) in [5.41, 5.74) is 5.88. The van der Waals surface area contributed by atoms with E-state index in [9.17, 15) is 4.79 Å². The van der Waals surface area contributed by atoms with Gasteiger partial charge in [0.25, 0.3) is 0 Å². The summed E-state index contributed by atoms with van der Waals surface area (Å²) in [6.07, 6.45) is 1.08. The summed E-state index contributed by atoms with van der Waals surface area (Å²) in [5, 5.41) is 11.8. The van der Waals surface area contributed by atoms with Crippen LogP contribution in [-0.4, -0.2) is 17.6 Å². The Hall–Kier alpha value is -1.26. The Morgan fingerprint density at radius 1 is 1.47 bits per heavy atom. The lowest BCUT2D eigenvalue weighted by Gasteiger charge is -2.04. The predicted octanol–water partition coefficient (Wildman–Crippen LogP) is 1.49. The second-order valence-electron chi connectivity index (χ2n) is 2.99. The van der Waals surface area contributed by atoms with Gasteiger partial charge in [0, 0.05) is 18.2 Å². The van der Waals surface area contributed by atoms with Gasteiger partial charge in [0.05, 0.1) is 0 Å². The first-order valence-corrected chi connectivity index (χ1v) is 4.51. The minimum Gasteiger partial charge on any atom is -0.508 e. The third-order valence-corrected chi connectivity index (χ3v) is 1.74. The Morgan fingerprint density at radius 2 is 2.20 bits per heavy atom. The maximum absolute atomic E-state index is 11.2. The van der Waals surface area contributed by atoms with E-state index in [1.807, 2.05) is 0 Å². The van der Waals surface area contributed by atoms with Gasteiger partial charge in [-0.25, -0.2) is 0 Å². The predicted molar refractivity (Wildman–Crippen MR) is 62.3 cm³/mol. The van der Waals surface area contributed by atoms with Gasteiger partial charge in [0.1, 0.15) is 5.75 Å². The normalized spacial score (nSPS) is 9.13. The smallest absolute Gasteiger partial charge is 0.224 e. The van der Waals surface area contributed by atoms with Gasteiger partial charge in [0.2, 0.25) is 5.91 Å². The van der Waals surface area contributed by atoms with Gasteiger partial charge in [-0.05, 0) is 25.1 Å². The zero-order chi connectivity index (χ0) is 10.4. The number of rotatable bonds is 4. The molecule has 84 valence electrons. The molecule has 0 saturated heterocycles. The fourth-order valence-corrected chi connectivity index (χ4v) is 1.07. The molecule has 0 bridgehead atoms. The summed E-state index contributed by atoms with van der Waals surface area (Å²) in [5.74, 6) is 0.0580. The molecular formula is C10H15ClN2O2. The third kappa shape index (κ3) is 5.24. The van der Waals surface area contributed by atoms with Crippen LogP contribution in [0.2, 0.25) is 0 Å². The van der Waals surface area contributed by atoms with Crippen LogP contribution >= 0.6 is 12.4 Å². The van der Waals surface area contributed by atoms with Gasteiger partial charge in [-0.3, -0.25) is 4.79 Å². The van der Waals surface area contributed by atoms with E-state index in [1.165, 1.54) is 6.07 Å². The number of amides is 1. The van der Waals surface area contributed by atoms with Crippen LogP contribution in [-0.2, 0) is 4.79 Å². The van der Waals surface area contributed by atoms with Crippen LogP contribution in [0.4, 0.5) is 5.69 Å². The summed E-state index contributed by atoms with van der Waals surface area (Å²) in [7, 11) is 0. The number of phenols is 1. The molecule has 0 saturated carbocycles. The first-order chi connectivity index (χ1) is 6.72. The Morgan fingerprint density at radius 3 is 2.80 bits per heavy atom. The SMILES string of the molecule is Cl.NCCCC(=O)Nc1cccc(O)c1. The average molecular weight is 231 g/mol. The monoisotopic (exact) mass is 230 g/mol. The molecule has 1 rings (SSSR count). The first-order valence-electron chi connectivity index (χ1n) is 4.51. The van der Waals surface area contributed by atoms with E-state index in [0.29, 0.717) is 25.1 Å². The lowest BCUT2D eigenvalue weighted by Crippen LogP contribution is -2.13. The van der Waals surface area contributed by atoms with E-state index in [-0.39, 0.29) is 24.1 Å². The second-order valence-corrected chi connectivity index (χ2v) is 2.99. The van der Waals surface area contributed by atoms with E-state index in [1.54, 1.807) is 18.2 Å². The lowest BCUT2D eigenvalue weighted by molar-refractivity contribution is -0.116. The zero-order valence-corrected chi connectivity index (χ0v) is 9.09. The summed E-state index contributed by atoms with van der Waals surface area (Å²) < 4.78 is 0. The molecule has 0 radical (unpaired) electrons. The fraction of sp³-hybridized carbons (Fsp3) is 0.300. The number of nitrogens with one attached hydrogen (secondary N) is 1. The van der Waals surface area contributed by atoms with Crippen molar-refractivity contribution in [3.63, 3.8) is 0 Å². The van der Waals surface area contributed by atoms with Gasteiger partial charge in [-0.1, -0.05) is 6.07 Å². The lowest BCUT2D eigenvalue weighted by atomic mass is 10.2. The van der Waals surface area contributed by atoms with Crippen LogP contribution in [0.25, 0.3) is 0 Å². The Bertz CT molecular complexity index is 318. The van der Waals surface area contributed by atoms with Gasteiger partial charge < -0.3 is 16.2 Å². The highest BCUT2D eigenvalue weighted by atomic mass is 35.5. The van der Waals surface area contributed by atoms with Crippen molar-refractivity contribution in [3.05, 3.63) is 24.3 Å². The van der Waals surface area contributed by atoms with Crippen molar-refractivity contribution >= 4 is 24.0 Å². The van der Waals surface area contributed by atoms with Crippen molar-refractivity contribution in [1.29, 1.82) is 0 Å². The molecule has 15 heavy (non-hydrogen) atoms. The summed E-state index contributed by atoms with van der Waals surface area (Å²) in [4.78, 5) is 11.2. The number of phenolic OH excluding ortho intramolecular Hbond substituents is 1. The van der Waals surface area contributed by atoms with E-state index >= 15 is 0 Å². The fourth-order valence-electron chi connectivity index (χ4n) is 1.07. The summed E-state index contributed by atoms with van der Waals surface area (Å²) in [6, 6.07) is 6.45. The Labute approximate surface area is 94.9 Å². The molecule has 0 atom stereocenters. The van der Waals surface area contributed by atoms with E-state index in [4.69, 9.17) is 10.8 Å². The van der Waals surface area contributed by atoms with Gasteiger partial charge in [-0.15, -0.1) is 12.4 Å². The standard InChI is InChI=1S/C10H14N2O2.ClH/c11-6-2-5-10(14)12-8-3-1-4-9(13)7-8;/h1,3-4,7,13H,2,5-6,11H2,(H,12,14);1H. The van der Waals surface area contributed by atoms with Crippen LogP contribution in [0.1, 0.15) is 12.8 Å². The molecular weight excluding hydrogens is 216 g/mol. The number of hydrogen-bond donors (Lipinski definition) is 3. The zero-order valence-electron chi connectivity index (χ0n) is 8.27. The first kappa shape index (κ1) is 13.7. The van der Waals surface area contributed by atoms with Gasteiger partial charge in [0.15, 0.2) is 0 Å². The Balaban J connectivity index is 0.00000196. The molecule has 1 aromatic carbocycles. The maximum Gasteiger partial charge on any atom is 0.224 e. The molecule has 0 aliphatic heterocycles.